The second-order valence-corrected chi connectivity index (χ2v) is 13.3. The first-order valence-electron chi connectivity index (χ1n) is 18.2. The fourth-order valence-corrected chi connectivity index (χ4v) is 7.45. The van der Waals surface area contributed by atoms with E-state index in [4.69, 9.17) is 0 Å². The van der Waals surface area contributed by atoms with Crippen molar-refractivity contribution in [2.24, 2.45) is 0 Å². The van der Waals surface area contributed by atoms with E-state index >= 15 is 0 Å². The Morgan fingerprint density at radius 3 is 1.36 bits per heavy atom. The number of rotatable bonds is 8. The lowest BCUT2D eigenvalue weighted by atomic mass is 9.93. The van der Waals surface area contributed by atoms with E-state index < -0.39 is 0 Å². The average molecular weight is 676 g/mol. The fraction of sp³-hybridized carbons (Fsp3) is 0. The molecule has 9 aromatic rings. The maximum Gasteiger partial charge on any atom is 0.0546 e. The third-order valence-corrected chi connectivity index (χ3v) is 10.1. The van der Waals surface area contributed by atoms with Gasteiger partial charge >= 0.3 is 0 Å². The highest BCUT2D eigenvalue weighted by Crippen LogP contribution is 2.47. The summed E-state index contributed by atoms with van der Waals surface area (Å²) in [6.07, 6.45) is 0. The average Bonchev–Trinajstić information content (AvgIpc) is 3.25. The highest BCUT2D eigenvalue weighted by molar-refractivity contribution is 6.00. The van der Waals surface area contributed by atoms with Crippen molar-refractivity contribution in [3.05, 3.63) is 224 Å². The van der Waals surface area contributed by atoms with Gasteiger partial charge in [0.15, 0.2) is 0 Å². The van der Waals surface area contributed by atoms with Crippen LogP contribution >= 0.6 is 0 Å². The highest BCUT2D eigenvalue weighted by atomic mass is 15.1. The molecule has 0 atom stereocenters. The SMILES string of the molecule is c1ccc(-c2ccc(-c3ccccc3N(c3ccc(-c4ccccc4)cc3)c3cc(-c4cccc5ccccc45)ccc3-c3ccccc3)cc2)cc1. The van der Waals surface area contributed by atoms with Crippen LogP contribution in [0.5, 0.6) is 0 Å². The summed E-state index contributed by atoms with van der Waals surface area (Å²) in [5, 5.41) is 2.47. The molecule has 0 saturated carbocycles. The number of fused-ring (bicyclic) bond motifs is 1. The Hall–Kier alpha value is -6.96. The standard InChI is InChI=1S/C52H37N/c1-4-15-38(16-5-1)40-27-29-44(30-28-40)49-24-12-13-26-51(49)53(46-34-31-41(32-35-46)39-17-6-2-7-18-39)52-37-45(33-36-50(52)43-19-8-3-9-20-43)48-25-14-22-42-21-10-11-23-47(42)48/h1-37H. The monoisotopic (exact) mass is 675 g/mol. The van der Waals surface area contributed by atoms with Gasteiger partial charge in [0.05, 0.1) is 11.4 Å². The minimum absolute atomic E-state index is 1.09. The Balaban J connectivity index is 1.27. The summed E-state index contributed by atoms with van der Waals surface area (Å²) in [5.41, 5.74) is 15.2. The van der Waals surface area contributed by atoms with Gasteiger partial charge in [-0.05, 0) is 79.5 Å². The highest BCUT2D eigenvalue weighted by Gasteiger charge is 2.22. The van der Waals surface area contributed by atoms with Gasteiger partial charge in [0.2, 0.25) is 0 Å². The van der Waals surface area contributed by atoms with Gasteiger partial charge in [-0.15, -0.1) is 0 Å². The summed E-state index contributed by atoms with van der Waals surface area (Å²) < 4.78 is 0. The fourth-order valence-electron chi connectivity index (χ4n) is 7.45. The van der Waals surface area contributed by atoms with Crippen LogP contribution in [0.3, 0.4) is 0 Å². The van der Waals surface area contributed by atoms with Crippen molar-refractivity contribution in [3.63, 3.8) is 0 Å². The third kappa shape index (κ3) is 6.42. The second kappa shape index (κ2) is 14.3. The van der Waals surface area contributed by atoms with Crippen LogP contribution in [0.25, 0.3) is 66.4 Å². The molecule has 0 N–H and O–H groups in total. The number of benzene rings is 9. The molecule has 9 rings (SSSR count). The van der Waals surface area contributed by atoms with E-state index in [9.17, 15) is 0 Å². The molecule has 0 saturated heterocycles. The summed E-state index contributed by atoms with van der Waals surface area (Å²) in [6, 6.07) is 80.9. The molecule has 0 unspecified atom stereocenters. The molecule has 1 heteroatoms. The molecule has 0 aliphatic carbocycles. The molecule has 0 aromatic heterocycles. The van der Waals surface area contributed by atoms with E-state index in [1.807, 2.05) is 0 Å². The Labute approximate surface area is 311 Å². The van der Waals surface area contributed by atoms with Crippen LogP contribution in [0, 0.1) is 0 Å². The molecular formula is C52H37N. The van der Waals surface area contributed by atoms with Crippen molar-refractivity contribution in [2.45, 2.75) is 0 Å². The van der Waals surface area contributed by atoms with Crippen molar-refractivity contribution in [2.75, 3.05) is 4.90 Å². The molecule has 0 aliphatic heterocycles. The van der Waals surface area contributed by atoms with Crippen LogP contribution < -0.4 is 4.90 Å². The zero-order valence-electron chi connectivity index (χ0n) is 29.3. The molecule has 1 nitrogen and oxygen atoms in total. The summed E-state index contributed by atoms with van der Waals surface area (Å²) in [7, 11) is 0. The van der Waals surface area contributed by atoms with E-state index in [-0.39, 0.29) is 0 Å². The van der Waals surface area contributed by atoms with Gasteiger partial charge < -0.3 is 4.90 Å². The Bertz CT molecular complexity index is 2620. The van der Waals surface area contributed by atoms with Crippen molar-refractivity contribution in [1.29, 1.82) is 0 Å². The van der Waals surface area contributed by atoms with Crippen molar-refractivity contribution in [3.8, 4) is 55.6 Å². The largest absolute Gasteiger partial charge is 0.309 e. The second-order valence-electron chi connectivity index (χ2n) is 13.3. The Kier molecular flexibility index (Phi) is 8.66. The van der Waals surface area contributed by atoms with Gasteiger partial charge in [-0.3, -0.25) is 0 Å². The van der Waals surface area contributed by atoms with Gasteiger partial charge in [-0.25, -0.2) is 0 Å². The number of anilines is 3. The van der Waals surface area contributed by atoms with Gasteiger partial charge in [0, 0.05) is 16.8 Å². The Morgan fingerprint density at radius 1 is 0.245 bits per heavy atom. The summed E-state index contributed by atoms with van der Waals surface area (Å²) >= 11 is 0. The van der Waals surface area contributed by atoms with Crippen LogP contribution in [0.4, 0.5) is 17.1 Å². The first-order valence-corrected chi connectivity index (χ1v) is 18.2. The number of hydrogen-bond acceptors (Lipinski definition) is 1. The summed E-state index contributed by atoms with van der Waals surface area (Å²) in [5.74, 6) is 0. The van der Waals surface area contributed by atoms with Crippen molar-refractivity contribution < 1.29 is 0 Å². The van der Waals surface area contributed by atoms with E-state index in [1.54, 1.807) is 0 Å². The molecule has 9 aromatic carbocycles. The van der Waals surface area contributed by atoms with Gasteiger partial charge in [-0.1, -0.05) is 200 Å². The molecule has 0 amide bonds. The molecule has 0 spiro atoms. The van der Waals surface area contributed by atoms with Crippen molar-refractivity contribution in [1.82, 2.24) is 0 Å². The van der Waals surface area contributed by atoms with Gasteiger partial charge in [0.25, 0.3) is 0 Å². The van der Waals surface area contributed by atoms with Crippen LogP contribution in [0.1, 0.15) is 0 Å². The molecular weight excluding hydrogens is 639 g/mol. The minimum Gasteiger partial charge on any atom is -0.309 e. The molecule has 0 bridgehead atoms. The lowest BCUT2D eigenvalue weighted by Crippen LogP contribution is -2.12. The third-order valence-electron chi connectivity index (χ3n) is 10.1. The van der Waals surface area contributed by atoms with Crippen LogP contribution in [-0.2, 0) is 0 Å². The predicted octanol–water partition coefficient (Wildman–Crippen LogP) is 14.6. The lowest BCUT2D eigenvalue weighted by molar-refractivity contribution is 1.28. The molecule has 0 fully saturated rings. The van der Waals surface area contributed by atoms with Crippen molar-refractivity contribution >= 4 is 27.8 Å². The van der Waals surface area contributed by atoms with Gasteiger partial charge in [0.1, 0.15) is 0 Å². The first-order chi connectivity index (χ1) is 26.3. The van der Waals surface area contributed by atoms with Crippen LogP contribution in [-0.4, -0.2) is 0 Å². The van der Waals surface area contributed by atoms with E-state index in [2.05, 4.69) is 229 Å². The topological polar surface area (TPSA) is 3.24 Å². The quantitative estimate of drug-likeness (QED) is 0.155. The smallest absolute Gasteiger partial charge is 0.0546 e. The number of nitrogens with zero attached hydrogens (tertiary/aromatic N) is 1. The zero-order valence-corrected chi connectivity index (χ0v) is 29.3. The van der Waals surface area contributed by atoms with Crippen LogP contribution in [0.2, 0.25) is 0 Å². The van der Waals surface area contributed by atoms with Gasteiger partial charge in [-0.2, -0.15) is 0 Å². The van der Waals surface area contributed by atoms with E-state index in [0.717, 1.165) is 33.8 Å². The molecule has 0 heterocycles. The molecule has 0 aliphatic rings. The molecule has 0 radical (unpaired) electrons. The summed E-state index contributed by atoms with van der Waals surface area (Å²) in [4.78, 5) is 2.45. The molecule has 53 heavy (non-hydrogen) atoms. The molecule has 250 valence electrons. The normalized spacial score (nSPS) is 11.0. The maximum absolute atomic E-state index is 2.45. The zero-order chi connectivity index (χ0) is 35.4. The minimum atomic E-state index is 1.09. The van der Waals surface area contributed by atoms with E-state index in [0.29, 0.717) is 0 Å². The lowest BCUT2D eigenvalue weighted by Gasteiger charge is -2.30. The maximum atomic E-state index is 2.45. The number of para-hydroxylation sites is 1. The Morgan fingerprint density at radius 2 is 0.679 bits per heavy atom. The predicted molar refractivity (Wildman–Crippen MR) is 226 cm³/mol. The first kappa shape index (κ1) is 32.0. The number of hydrogen-bond donors (Lipinski definition) is 0. The summed E-state index contributed by atoms with van der Waals surface area (Å²) in [6.45, 7) is 0. The van der Waals surface area contributed by atoms with Crippen LogP contribution in [0.15, 0.2) is 224 Å². The van der Waals surface area contributed by atoms with E-state index in [1.165, 1.54) is 49.7 Å².